The molecule has 16 heavy (non-hydrogen) atoms. The molecular formula is C8H11NaO6S. The SMILES string of the molecule is O=S(=O)([O-])OCCO.Oc1ccccc1.[Na+]. The summed E-state index contributed by atoms with van der Waals surface area (Å²) in [5, 5.41) is 16.5. The minimum absolute atomic E-state index is 0. The first-order chi connectivity index (χ1) is 6.95. The Hall–Kier alpha value is -0.150. The summed E-state index contributed by atoms with van der Waals surface area (Å²) in [6.07, 6.45) is 0. The molecule has 0 saturated heterocycles. The average molecular weight is 258 g/mol. The second-order valence-corrected chi connectivity index (χ2v) is 3.34. The Kier molecular flexibility index (Phi) is 11.4. The smallest absolute Gasteiger partial charge is 0.726 e. The van der Waals surface area contributed by atoms with Gasteiger partial charge in [-0.05, 0) is 12.1 Å². The van der Waals surface area contributed by atoms with Gasteiger partial charge in [-0.2, -0.15) is 0 Å². The number of aromatic hydroxyl groups is 1. The van der Waals surface area contributed by atoms with E-state index in [2.05, 4.69) is 4.18 Å². The third-order valence-corrected chi connectivity index (χ3v) is 1.53. The van der Waals surface area contributed by atoms with Crippen molar-refractivity contribution in [3.05, 3.63) is 30.3 Å². The summed E-state index contributed by atoms with van der Waals surface area (Å²) >= 11 is 0. The summed E-state index contributed by atoms with van der Waals surface area (Å²) in [7, 11) is -4.60. The first kappa shape index (κ1) is 18.2. The van der Waals surface area contributed by atoms with Crippen molar-refractivity contribution in [3.63, 3.8) is 0 Å². The molecule has 0 bridgehead atoms. The zero-order valence-corrected chi connectivity index (χ0v) is 11.6. The minimum Gasteiger partial charge on any atom is -0.726 e. The molecule has 0 saturated carbocycles. The van der Waals surface area contributed by atoms with Gasteiger partial charge in [0.1, 0.15) is 5.75 Å². The number of aliphatic hydroxyl groups is 1. The molecule has 2 N–H and O–H groups in total. The summed E-state index contributed by atoms with van der Waals surface area (Å²) in [5.74, 6) is 0.322. The largest absolute Gasteiger partial charge is 1.00 e. The van der Waals surface area contributed by atoms with Crippen LogP contribution in [0, 0.1) is 0 Å². The first-order valence-electron chi connectivity index (χ1n) is 3.91. The van der Waals surface area contributed by atoms with Crippen LogP contribution in [0.3, 0.4) is 0 Å². The third kappa shape index (κ3) is 13.8. The summed E-state index contributed by atoms with van der Waals surface area (Å²) in [4.78, 5) is 0. The molecule has 0 spiro atoms. The van der Waals surface area contributed by atoms with E-state index in [9.17, 15) is 13.0 Å². The Balaban J connectivity index is 0. The number of para-hydroxylation sites is 1. The first-order valence-corrected chi connectivity index (χ1v) is 5.24. The standard InChI is InChI=1S/C6H6O.C2H6O5S.Na/c7-6-4-2-1-3-5-6;3-1-2-7-8(4,5)6;/h1-5,7H;3H,1-2H2,(H,4,5,6);/q;;+1/p-1. The van der Waals surface area contributed by atoms with Gasteiger partial charge in [-0.3, -0.25) is 4.18 Å². The van der Waals surface area contributed by atoms with Crippen molar-refractivity contribution in [2.45, 2.75) is 0 Å². The molecule has 0 unspecified atom stereocenters. The number of hydrogen-bond acceptors (Lipinski definition) is 6. The zero-order chi connectivity index (χ0) is 11.7. The molecular weight excluding hydrogens is 247 g/mol. The van der Waals surface area contributed by atoms with Crippen LogP contribution >= 0.6 is 0 Å². The van der Waals surface area contributed by atoms with Gasteiger partial charge in [0.05, 0.1) is 13.2 Å². The van der Waals surface area contributed by atoms with E-state index < -0.39 is 23.6 Å². The second-order valence-electron chi connectivity index (χ2n) is 2.29. The molecule has 0 aromatic heterocycles. The molecule has 0 aliphatic rings. The van der Waals surface area contributed by atoms with Crippen LogP contribution in [-0.4, -0.2) is 36.4 Å². The van der Waals surface area contributed by atoms with Crippen LogP contribution < -0.4 is 29.6 Å². The van der Waals surface area contributed by atoms with E-state index in [0.29, 0.717) is 5.75 Å². The summed E-state index contributed by atoms with van der Waals surface area (Å²) in [5.41, 5.74) is 0. The van der Waals surface area contributed by atoms with E-state index in [1.54, 1.807) is 24.3 Å². The molecule has 0 fully saturated rings. The van der Waals surface area contributed by atoms with Gasteiger partial charge in [0.2, 0.25) is 10.4 Å². The normalized spacial score (nSPS) is 9.62. The molecule has 1 aromatic rings. The average Bonchev–Trinajstić information content (AvgIpc) is 2.16. The molecule has 8 heteroatoms. The summed E-state index contributed by atoms with van der Waals surface area (Å²) in [6, 6.07) is 8.71. The van der Waals surface area contributed by atoms with Gasteiger partial charge in [0.15, 0.2) is 0 Å². The molecule has 0 heterocycles. The van der Waals surface area contributed by atoms with E-state index in [4.69, 9.17) is 10.2 Å². The fourth-order valence-corrected chi connectivity index (χ4v) is 0.846. The minimum atomic E-state index is -4.60. The van der Waals surface area contributed by atoms with Crippen molar-refractivity contribution in [2.24, 2.45) is 0 Å². The predicted molar refractivity (Wildman–Crippen MR) is 50.8 cm³/mol. The summed E-state index contributed by atoms with van der Waals surface area (Å²) in [6.45, 7) is -0.937. The second kappa shape index (κ2) is 10.0. The molecule has 0 atom stereocenters. The van der Waals surface area contributed by atoms with Gasteiger partial charge in [-0.15, -0.1) is 0 Å². The Labute approximate surface area is 116 Å². The fraction of sp³-hybridized carbons (Fsp3) is 0.250. The van der Waals surface area contributed by atoms with Crippen LogP contribution in [0.2, 0.25) is 0 Å². The van der Waals surface area contributed by atoms with Crippen LogP contribution in [0.4, 0.5) is 0 Å². The number of benzene rings is 1. The van der Waals surface area contributed by atoms with E-state index in [-0.39, 0.29) is 29.6 Å². The fourth-order valence-electron chi connectivity index (χ4n) is 0.567. The monoisotopic (exact) mass is 258 g/mol. The Bertz CT molecular complexity index is 352. The molecule has 6 nitrogen and oxygen atoms in total. The van der Waals surface area contributed by atoms with Crippen LogP contribution in [-0.2, 0) is 14.6 Å². The molecule has 0 radical (unpaired) electrons. The van der Waals surface area contributed by atoms with Gasteiger partial charge in [0.25, 0.3) is 0 Å². The van der Waals surface area contributed by atoms with Crippen LogP contribution in [0.1, 0.15) is 0 Å². The number of phenols is 1. The van der Waals surface area contributed by atoms with Gasteiger partial charge in [-0.25, -0.2) is 8.42 Å². The van der Waals surface area contributed by atoms with Crippen LogP contribution in [0.5, 0.6) is 5.75 Å². The maximum Gasteiger partial charge on any atom is 1.00 e. The Morgan fingerprint density at radius 2 is 1.75 bits per heavy atom. The van der Waals surface area contributed by atoms with Crippen molar-refractivity contribution < 1.29 is 56.9 Å². The molecule has 0 amide bonds. The van der Waals surface area contributed by atoms with Crippen molar-refractivity contribution in [2.75, 3.05) is 13.2 Å². The van der Waals surface area contributed by atoms with Crippen molar-refractivity contribution in [1.82, 2.24) is 0 Å². The maximum atomic E-state index is 9.50. The van der Waals surface area contributed by atoms with Gasteiger partial charge >= 0.3 is 29.6 Å². The van der Waals surface area contributed by atoms with Gasteiger partial charge < -0.3 is 14.8 Å². The Morgan fingerprint density at radius 1 is 1.25 bits per heavy atom. The predicted octanol–water partition coefficient (Wildman–Crippen LogP) is -3.15. The molecule has 0 aliphatic heterocycles. The number of aliphatic hydroxyl groups excluding tert-OH is 1. The van der Waals surface area contributed by atoms with Crippen molar-refractivity contribution in [1.29, 1.82) is 0 Å². The topological polar surface area (TPSA) is 107 Å². The number of phenolic OH excluding ortho intramolecular Hbond substituents is 1. The Morgan fingerprint density at radius 3 is 1.94 bits per heavy atom. The summed E-state index contributed by atoms with van der Waals surface area (Å²) < 4.78 is 32.0. The number of rotatable bonds is 3. The van der Waals surface area contributed by atoms with Gasteiger partial charge in [-0.1, -0.05) is 18.2 Å². The van der Waals surface area contributed by atoms with Crippen molar-refractivity contribution >= 4 is 10.4 Å². The van der Waals surface area contributed by atoms with E-state index >= 15 is 0 Å². The van der Waals surface area contributed by atoms with Gasteiger partial charge in [0, 0.05) is 0 Å². The third-order valence-electron chi connectivity index (χ3n) is 1.08. The maximum absolute atomic E-state index is 9.50. The molecule has 1 aromatic carbocycles. The van der Waals surface area contributed by atoms with Crippen molar-refractivity contribution in [3.8, 4) is 5.75 Å². The zero-order valence-electron chi connectivity index (χ0n) is 8.74. The van der Waals surface area contributed by atoms with E-state index in [1.165, 1.54) is 0 Å². The van der Waals surface area contributed by atoms with Crippen LogP contribution in [0.15, 0.2) is 30.3 Å². The molecule has 0 aliphatic carbocycles. The quantitative estimate of drug-likeness (QED) is 0.337. The molecule has 1 rings (SSSR count). The van der Waals surface area contributed by atoms with E-state index in [1.807, 2.05) is 6.07 Å². The number of hydrogen-bond donors (Lipinski definition) is 2. The van der Waals surface area contributed by atoms with E-state index in [0.717, 1.165) is 0 Å². The van der Waals surface area contributed by atoms with Crippen LogP contribution in [0.25, 0.3) is 0 Å². The molecule has 86 valence electrons.